The largest absolute Gasteiger partial charge is 0.338 e. The van der Waals surface area contributed by atoms with Gasteiger partial charge in [-0.2, -0.15) is 0 Å². The van der Waals surface area contributed by atoms with E-state index in [0.717, 1.165) is 42.9 Å². The number of halogens is 2. The quantitative estimate of drug-likeness (QED) is 0.794. The lowest BCUT2D eigenvalue weighted by molar-refractivity contribution is 0.0702. The fourth-order valence-corrected chi connectivity index (χ4v) is 3.60. The molecule has 3 rings (SSSR count). The van der Waals surface area contributed by atoms with E-state index < -0.39 is 11.6 Å². The van der Waals surface area contributed by atoms with Crippen molar-refractivity contribution in [2.45, 2.75) is 19.8 Å². The monoisotopic (exact) mass is 321 g/mol. The molecule has 0 aliphatic carbocycles. The number of amides is 1. The molecule has 0 bridgehead atoms. The van der Waals surface area contributed by atoms with Crippen molar-refractivity contribution < 1.29 is 13.6 Å². The highest BCUT2D eigenvalue weighted by Crippen LogP contribution is 2.30. The van der Waals surface area contributed by atoms with E-state index in [9.17, 15) is 13.6 Å². The summed E-state index contributed by atoms with van der Waals surface area (Å²) >= 11 is 1.32. The molecule has 116 valence electrons. The number of nitrogens with zero attached hydrogens (tertiary/aromatic N) is 1. The van der Waals surface area contributed by atoms with E-state index in [0.29, 0.717) is 16.4 Å². The van der Waals surface area contributed by atoms with E-state index in [1.54, 1.807) is 12.1 Å². The third-order valence-corrected chi connectivity index (χ3v) is 5.21. The van der Waals surface area contributed by atoms with Crippen molar-refractivity contribution in [1.29, 1.82) is 0 Å². The first-order chi connectivity index (χ1) is 10.5. The topological polar surface area (TPSA) is 20.3 Å². The zero-order valence-corrected chi connectivity index (χ0v) is 13.1. The summed E-state index contributed by atoms with van der Waals surface area (Å²) in [7, 11) is 0. The molecular formula is C17H17F2NOS. The van der Waals surface area contributed by atoms with Crippen LogP contribution in [0.1, 0.15) is 29.4 Å². The summed E-state index contributed by atoms with van der Waals surface area (Å²) in [6.07, 6.45) is 2.07. The highest BCUT2D eigenvalue weighted by atomic mass is 32.1. The maximum atomic E-state index is 13.3. The Hall–Kier alpha value is -1.75. The van der Waals surface area contributed by atoms with Crippen LogP contribution in [0, 0.1) is 17.6 Å². The Morgan fingerprint density at radius 1 is 1.14 bits per heavy atom. The molecule has 0 unspecified atom stereocenters. The first kappa shape index (κ1) is 15.2. The molecule has 1 fully saturated rings. The third-order valence-electron chi connectivity index (χ3n) is 4.09. The van der Waals surface area contributed by atoms with E-state index in [2.05, 4.69) is 6.92 Å². The number of likely N-dealkylation sites (tertiary alicyclic amines) is 1. The number of rotatable bonds is 2. The lowest BCUT2D eigenvalue weighted by Crippen LogP contribution is -2.37. The van der Waals surface area contributed by atoms with E-state index in [-0.39, 0.29) is 5.91 Å². The van der Waals surface area contributed by atoms with Gasteiger partial charge in [-0.1, -0.05) is 13.0 Å². The Balaban J connectivity index is 1.78. The van der Waals surface area contributed by atoms with Crippen LogP contribution in [0.4, 0.5) is 8.78 Å². The average Bonchev–Trinajstić information content (AvgIpc) is 3.00. The lowest BCUT2D eigenvalue weighted by atomic mass is 9.99. The summed E-state index contributed by atoms with van der Waals surface area (Å²) in [6, 6.07) is 7.36. The van der Waals surface area contributed by atoms with Gasteiger partial charge in [0.25, 0.3) is 5.91 Å². The van der Waals surface area contributed by atoms with Gasteiger partial charge >= 0.3 is 0 Å². The van der Waals surface area contributed by atoms with Crippen molar-refractivity contribution >= 4 is 17.2 Å². The van der Waals surface area contributed by atoms with Crippen LogP contribution in [0.15, 0.2) is 30.3 Å². The minimum absolute atomic E-state index is 0.0331. The fraction of sp³-hybridized carbons (Fsp3) is 0.353. The molecule has 0 atom stereocenters. The molecule has 1 saturated heterocycles. The zero-order chi connectivity index (χ0) is 15.7. The third kappa shape index (κ3) is 3.04. The van der Waals surface area contributed by atoms with Gasteiger partial charge in [0.1, 0.15) is 0 Å². The molecule has 0 radical (unpaired) electrons. The number of hydrogen-bond acceptors (Lipinski definition) is 2. The van der Waals surface area contributed by atoms with Gasteiger partial charge in [0.05, 0.1) is 4.88 Å². The number of piperidine rings is 1. The molecule has 1 aliphatic rings. The second-order valence-corrected chi connectivity index (χ2v) is 6.85. The SMILES string of the molecule is CC1CCN(C(=O)c2ccc(-c3ccc(F)c(F)c3)s2)CC1. The second kappa shape index (κ2) is 6.16. The minimum atomic E-state index is -0.871. The van der Waals surface area contributed by atoms with Crippen molar-refractivity contribution in [3.8, 4) is 10.4 Å². The van der Waals surface area contributed by atoms with Crippen LogP contribution < -0.4 is 0 Å². The summed E-state index contributed by atoms with van der Waals surface area (Å²) < 4.78 is 26.3. The summed E-state index contributed by atoms with van der Waals surface area (Å²) in [5.41, 5.74) is 0.593. The number of carbonyl (C=O) groups is 1. The van der Waals surface area contributed by atoms with Crippen molar-refractivity contribution in [2.75, 3.05) is 13.1 Å². The number of carbonyl (C=O) groups excluding carboxylic acids is 1. The molecule has 0 N–H and O–H groups in total. The van der Waals surface area contributed by atoms with Crippen molar-refractivity contribution in [3.63, 3.8) is 0 Å². The Labute approximate surface area is 132 Å². The predicted molar refractivity (Wildman–Crippen MR) is 84.0 cm³/mol. The number of benzene rings is 1. The van der Waals surface area contributed by atoms with Crippen molar-refractivity contribution in [2.24, 2.45) is 5.92 Å². The van der Waals surface area contributed by atoms with Gasteiger partial charge in [0.15, 0.2) is 11.6 Å². The molecule has 1 aliphatic heterocycles. The maximum Gasteiger partial charge on any atom is 0.263 e. The van der Waals surface area contributed by atoms with Crippen molar-refractivity contribution in [3.05, 3.63) is 46.8 Å². The molecule has 2 aromatic rings. The summed E-state index contributed by atoms with van der Waals surface area (Å²) in [4.78, 5) is 15.8. The lowest BCUT2D eigenvalue weighted by Gasteiger charge is -2.29. The second-order valence-electron chi connectivity index (χ2n) is 5.77. The van der Waals surface area contributed by atoms with Gasteiger partial charge in [-0.3, -0.25) is 4.79 Å². The van der Waals surface area contributed by atoms with Gasteiger partial charge in [-0.05, 0) is 48.6 Å². The van der Waals surface area contributed by atoms with E-state index in [4.69, 9.17) is 0 Å². The molecule has 1 amide bonds. The molecule has 0 spiro atoms. The zero-order valence-electron chi connectivity index (χ0n) is 12.3. The van der Waals surface area contributed by atoms with E-state index in [1.165, 1.54) is 17.4 Å². The Bertz CT molecular complexity index is 690. The van der Waals surface area contributed by atoms with E-state index in [1.807, 2.05) is 4.90 Å². The van der Waals surface area contributed by atoms with Crippen LogP contribution in [-0.4, -0.2) is 23.9 Å². The summed E-state index contributed by atoms with van der Waals surface area (Å²) in [5.74, 6) is -1.03. The molecule has 1 aromatic heterocycles. The average molecular weight is 321 g/mol. The van der Waals surface area contributed by atoms with Crippen molar-refractivity contribution in [1.82, 2.24) is 4.90 Å². The number of thiophene rings is 1. The van der Waals surface area contributed by atoms with E-state index >= 15 is 0 Å². The summed E-state index contributed by atoms with van der Waals surface area (Å²) in [5, 5.41) is 0. The molecule has 2 nitrogen and oxygen atoms in total. The number of hydrogen-bond donors (Lipinski definition) is 0. The normalized spacial score (nSPS) is 16.0. The smallest absolute Gasteiger partial charge is 0.263 e. The standard InChI is InChI=1S/C17H17F2NOS/c1-11-6-8-20(9-7-11)17(21)16-5-4-15(22-16)12-2-3-13(18)14(19)10-12/h2-5,10-11H,6-9H2,1H3. The fourth-order valence-electron chi connectivity index (χ4n) is 2.62. The molecular weight excluding hydrogens is 304 g/mol. The molecule has 1 aromatic carbocycles. The first-order valence-electron chi connectivity index (χ1n) is 7.39. The molecule has 2 heterocycles. The Kier molecular flexibility index (Phi) is 4.25. The molecule has 5 heteroatoms. The van der Waals surface area contributed by atoms with Crippen LogP contribution in [0.25, 0.3) is 10.4 Å². The van der Waals surface area contributed by atoms with Gasteiger partial charge < -0.3 is 4.90 Å². The Morgan fingerprint density at radius 3 is 2.55 bits per heavy atom. The van der Waals surface area contributed by atoms with Gasteiger partial charge in [-0.25, -0.2) is 8.78 Å². The molecule has 22 heavy (non-hydrogen) atoms. The van der Waals surface area contributed by atoms with Gasteiger partial charge in [0.2, 0.25) is 0 Å². The van der Waals surface area contributed by atoms with Gasteiger partial charge in [-0.15, -0.1) is 11.3 Å². The highest BCUT2D eigenvalue weighted by molar-refractivity contribution is 7.17. The minimum Gasteiger partial charge on any atom is -0.338 e. The van der Waals surface area contributed by atoms with Crippen LogP contribution in [0.5, 0.6) is 0 Å². The van der Waals surface area contributed by atoms with Crippen LogP contribution in [0.3, 0.4) is 0 Å². The maximum absolute atomic E-state index is 13.3. The highest BCUT2D eigenvalue weighted by Gasteiger charge is 2.22. The van der Waals surface area contributed by atoms with Crippen LogP contribution in [0.2, 0.25) is 0 Å². The van der Waals surface area contributed by atoms with Crippen LogP contribution >= 0.6 is 11.3 Å². The molecule has 0 saturated carbocycles. The Morgan fingerprint density at radius 2 is 1.86 bits per heavy atom. The summed E-state index contributed by atoms with van der Waals surface area (Å²) in [6.45, 7) is 3.78. The van der Waals surface area contributed by atoms with Gasteiger partial charge in [0, 0.05) is 18.0 Å². The first-order valence-corrected chi connectivity index (χ1v) is 8.21. The predicted octanol–water partition coefficient (Wildman–Crippen LogP) is 4.57. The van der Waals surface area contributed by atoms with Crippen LogP contribution in [-0.2, 0) is 0 Å².